The van der Waals surface area contributed by atoms with Crippen LogP contribution in [0.25, 0.3) is 0 Å². The standard InChI is InChI=1S/C21H23NO2/c1-15-11-13-17(14-12-15)22-20(23)18-9-5-6-10-19(18)21(22,24)16-7-3-2-4-8-16/h2-10,15,17,24H,11-14H2,1H3/t15?,17?,21-/m0/s1. The number of carbonyl (C=O) groups is 1. The summed E-state index contributed by atoms with van der Waals surface area (Å²) >= 11 is 0. The average Bonchev–Trinajstić information content (AvgIpc) is 2.86. The molecule has 2 aromatic rings. The Morgan fingerprint density at radius 3 is 2.29 bits per heavy atom. The SMILES string of the molecule is CC1CCC(N2C(=O)c3ccccc3[C@@]2(O)c2ccccc2)CC1. The van der Waals surface area contributed by atoms with E-state index in [1.54, 1.807) is 4.90 Å². The number of nitrogens with zero attached hydrogens (tertiary/aromatic N) is 1. The highest BCUT2D eigenvalue weighted by atomic mass is 16.3. The normalized spacial score (nSPS) is 29.6. The Kier molecular flexibility index (Phi) is 3.69. The second-order valence-electron chi connectivity index (χ2n) is 7.17. The molecule has 2 aromatic carbocycles. The Bertz CT molecular complexity index is 749. The topological polar surface area (TPSA) is 40.5 Å². The van der Waals surface area contributed by atoms with E-state index in [1.807, 2.05) is 54.6 Å². The molecule has 24 heavy (non-hydrogen) atoms. The third-order valence-corrected chi connectivity index (χ3v) is 5.63. The van der Waals surface area contributed by atoms with Crippen molar-refractivity contribution in [3.05, 3.63) is 71.3 Å². The molecule has 1 aliphatic heterocycles. The number of amides is 1. The van der Waals surface area contributed by atoms with Crippen molar-refractivity contribution in [1.82, 2.24) is 4.90 Å². The van der Waals surface area contributed by atoms with Crippen LogP contribution >= 0.6 is 0 Å². The number of rotatable bonds is 2. The molecule has 1 atom stereocenters. The first-order valence-corrected chi connectivity index (χ1v) is 8.83. The monoisotopic (exact) mass is 321 g/mol. The van der Waals surface area contributed by atoms with Crippen molar-refractivity contribution in [2.24, 2.45) is 5.92 Å². The van der Waals surface area contributed by atoms with Gasteiger partial charge in [0.2, 0.25) is 0 Å². The molecule has 0 bridgehead atoms. The quantitative estimate of drug-likeness (QED) is 0.911. The van der Waals surface area contributed by atoms with Crippen molar-refractivity contribution in [2.75, 3.05) is 0 Å². The number of fused-ring (bicyclic) bond motifs is 1. The molecular formula is C21H23NO2. The molecule has 3 nitrogen and oxygen atoms in total. The fourth-order valence-corrected chi connectivity index (χ4v) is 4.28. The maximum Gasteiger partial charge on any atom is 0.257 e. The summed E-state index contributed by atoms with van der Waals surface area (Å²) in [6, 6.07) is 17.2. The highest BCUT2D eigenvalue weighted by Crippen LogP contribution is 2.45. The third kappa shape index (κ3) is 2.19. The fourth-order valence-electron chi connectivity index (χ4n) is 4.28. The van der Waals surface area contributed by atoms with Crippen LogP contribution in [0.5, 0.6) is 0 Å². The summed E-state index contributed by atoms with van der Waals surface area (Å²) < 4.78 is 0. The van der Waals surface area contributed by atoms with Crippen LogP contribution in [0.3, 0.4) is 0 Å². The van der Waals surface area contributed by atoms with E-state index < -0.39 is 5.72 Å². The van der Waals surface area contributed by atoms with Gasteiger partial charge in [0.25, 0.3) is 5.91 Å². The first kappa shape index (κ1) is 15.4. The highest BCUT2D eigenvalue weighted by molar-refractivity contribution is 6.00. The predicted octanol–water partition coefficient (Wildman–Crippen LogP) is 3.91. The molecule has 0 radical (unpaired) electrons. The van der Waals surface area contributed by atoms with Gasteiger partial charge in [0.1, 0.15) is 0 Å². The zero-order valence-electron chi connectivity index (χ0n) is 14.0. The van der Waals surface area contributed by atoms with E-state index in [0.717, 1.165) is 31.2 Å². The second kappa shape index (κ2) is 5.75. The maximum absolute atomic E-state index is 13.1. The van der Waals surface area contributed by atoms with Crippen LogP contribution < -0.4 is 0 Å². The minimum Gasteiger partial charge on any atom is -0.363 e. The summed E-state index contributed by atoms with van der Waals surface area (Å²) in [6.07, 6.45) is 4.12. The number of hydrogen-bond donors (Lipinski definition) is 1. The van der Waals surface area contributed by atoms with Crippen LogP contribution in [0, 0.1) is 5.92 Å². The van der Waals surface area contributed by atoms with Gasteiger partial charge in [-0.2, -0.15) is 0 Å². The molecule has 0 spiro atoms. The summed E-state index contributed by atoms with van der Waals surface area (Å²) in [5.74, 6) is 0.655. The molecule has 1 amide bonds. The molecule has 1 aliphatic carbocycles. The van der Waals surface area contributed by atoms with Gasteiger partial charge < -0.3 is 5.11 Å². The molecule has 1 heterocycles. The Morgan fingerprint density at radius 2 is 1.58 bits per heavy atom. The van der Waals surface area contributed by atoms with E-state index in [0.29, 0.717) is 17.0 Å². The molecule has 2 aliphatic rings. The van der Waals surface area contributed by atoms with Crippen LogP contribution in [0.1, 0.15) is 54.1 Å². The van der Waals surface area contributed by atoms with Gasteiger partial charge in [-0.05, 0) is 37.7 Å². The van der Waals surface area contributed by atoms with E-state index >= 15 is 0 Å². The zero-order valence-corrected chi connectivity index (χ0v) is 14.0. The van der Waals surface area contributed by atoms with Crippen molar-refractivity contribution in [3.8, 4) is 0 Å². The lowest BCUT2D eigenvalue weighted by Gasteiger charge is -2.42. The molecular weight excluding hydrogens is 298 g/mol. The Balaban J connectivity index is 1.84. The van der Waals surface area contributed by atoms with E-state index in [2.05, 4.69) is 6.92 Å². The van der Waals surface area contributed by atoms with Gasteiger partial charge >= 0.3 is 0 Å². The number of hydrogen-bond acceptors (Lipinski definition) is 2. The predicted molar refractivity (Wildman–Crippen MR) is 93.5 cm³/mol. The molecule has 0 saturated heterocycles. The molecule has 0 aromatic heterocycles. The van der Waals surface area contributed by atoms with Gasteiger partial charge in [-0.3, -0.25) is 9.69 Å². The summed E-state index contributed by atoms with van der Waals surface area (Å²) in [5.41, 5.74) is 0.740. The Labute approximate surface area is 142 Å². The molecule has 0 unspecified atom stereocenters. The Morgan fingerprint density at radius 1 is 0.958 bits per heavy atom. The van der Waals surface area contributed by atoms with Crippen LogP contribution in [-0.4, -0.2) is 22.0 Å². The van der Waals surface area contributed by atoms with E-state index in [-0.39, 0.29) is 11.9 Å². The van der Waals surface area contributed by atoms with Gasteiger partial charge in [0, 0.05) is 22.7 Å². The van der Waals surface area contributed by atoms with Gasteiger partial charge in [-0.15, -0.1) is 0 Å². The molecule has 3 heteroatoms. The van der Waals surface area contributed by atoms with Crippen molar-refractivity contribution in [1.29, 1.82) is 0 Å². The molecule has 4 rings (SSSR count). The van der Waals surface area contributed by atoms with Gasteiger partial charge in [-0.1, -0.05) is 55.5 Å². The number of benzene rings is 2. The summed E-state index contributed by atoms with van der Waals surface area (Å²) in [4.78, 5) is 14.9. The number of carbonyl (C=O) groups excluding carboxylic acids is 1. The molecule has 1 saturated carbocycles. The van der Waals surface area contributed by atoms with E-state index in [1.165, 1.54) is 0 Å². The minimum atomic E-state index is -1.36. The van der Waals surface area contributed by atoms with Crippen molar-refractivity contribution in [3.63, 3.8) is 0 Å². The number of aliphatic hydroxyl groups is 1. The second-order valence-corrected chi connectivity index (χ2v) is 7.17. The summed E-state index contributed by atoms with van der Waals surface area (Å²) in [7, 11) is 0. The maximum atomic E-state index is 13.1. The highest BCUT2D eigenvalue weighted by Gasteiger charge is 2.52. The van der Waals surface area contributed by atoms with Crippen LogP contribution in [0.15, 0.2) is 54.6 Å². The molecule has 1 fully saturated rings. The van der Waals surface area contributed by atoms with Crippen LogP contribution in [0.4, 0.5) is 0 Å². The van der Waals surface area contributed by atoms with Crippen molar-refractivity contribution in [2.45, 2.75) is 44.4 Å². The summed E-state index contributed by atoms with van der Waals surface area (Å²) in [5, 5.41) is 11.8. The zero-order chi connectivity index (χ0) is 16.7. The average molecular weight is 321 g/mol. The van der Waals surface area contributed by atoms with Crippen LogP contribution in [-0.2, 0) is 5.72 Å². The summed E-state index contributed by atoms with van der Waals surface area (Å²) in [6.45, 7) is 2.26. The largest absolute Gasteiger partial charge is 0.363 e. The molecule has 124 valence electrons. The third-order valence-electron chi connectivity index (χ3n) is 5.63. The van der Waals surface area contributed by atoms with Crippen molar-refractivity contribution >= 4 is 5.91 Å². The van der Waals surface area contributed by atoms with E-state index in [4.69, 9.17) is 0 Å². The first-order chi connectivity index (χ1) is 11.6. The van der Waals surface area contributed by atoms with Crippen molar-refractivity contribution < 1.29 is 9.90 Å². The lowest BCUT2D eigenvalue weighted by Crippen LogP contribution is -2.51. The van der Waals surface area contributed by atoms with Crippen LogP contribution in [0.2, 0.25) is 0 Å². The minimum absolute atomic E-state index is 0.0449. The van der Waals surface area contributed by atoms with Gasteiger partial charge in [0.15, 0.2) is 5.72 Å². The first-order valence-electron chi connectivity index (χ1n) is 8.83. The van der Waals surface area contributed by atoms with Gasteiger partial charge in [-0.25, -0.2) is 0 Å². The Hall–Kier alpha value is -2.13. The smallest absolute Gasteiger partial charge is 0.257 e. The fraction of sp³-hybridized carbons (Fsp3) is 0.381. The lowest BCUT2D eigenvalue weighted by molar-refractivity contribution is -0.0774. The van der Waals surface area contributed by atoms with E-state index in [9.17, 15) is 9.90 Å². The van der Waals surface area contributed by atoms with Gasteiger partial charge in [0.05, 0.1) is 0 Å². The lowest BCUT2D eigenvalue weighted by atomic mass is 9.85. The molecule has 1 N–H and O–H groups in total.